The van der Waals surface area contributed by atoms with E-state index in [9.17, 15) is 0 Å². The molecule has 0 N–H and O–H groups in total. The van der Waals surface area contributed by atoms with Crippen LogP contribution in [0.15, 0.2) is 161 Å². The molecule has 0 atom stereocenters. The summed E-state index contributed by atoms with van der Waals surface area (Å²) in [5, 5.41) is 8.94. The Hall–Kier alpha value is -5.71. The lowest BCUT2D eigenvalue weighted by Gasteiger charge is -2.21. The van der Waals surface area contributed by atoms with Gasteiger partial charge in [0, 0.05) is 48.1 Å². The van der Waals surface area contributed by atoms with Gasteiger partial charge in [0.25, 0.3) is 0 Å². The Morgan fingerprint density at radius 3 is 1.89 bits per heavy atom. The SMILES string of the molecule is c1cc(-n2c3ccccc3c3cc4ccccc4cc32)cc(-n2c3ccccc3c3c4cccc5c4n(c32)-c2ccccc2S5)c1. The van der Waals surface area contributed by atoms with Crippen LogP contribution in [0.5, 0.6) is 0 Å². The van der Waals surface area contributed by atoms with Crippen LogP contribution in [-0.2, 0) is 0 Å². The van der Waals surface area contributed by atoms with E-state index in [1.807, 2.05) is 11.8 Å². The second-order valence-corrected chi connectivity index (χ2v) is 13.3. The Labute approximate surface area is 268 Å². The van der Waals surface area contributed by atoms with Crippen LogP contribution in [0.3, 0.4) is 0 Å². The number of para-hydroxylation sites is 4. The molecule has 46 heavy (non-hydrogen) atoms. The molecule has 10 aromatic rings. The van der Waals surface area contributed by atoms with E-state index in [0.717, 1.165) is 11.4 Å². The summed E-state index contributed by atoms with van der Waals surface area (Å²) in [5.74, 6) is 0. The van der Waals surface area contributed by atoms with Crippen LogP contribution >= 0.6 is 11.8 Å². The number of aromatic nitrogens is 3. The molecule has 3 aromatic heterocycles. The predicted octanol–water partition coefficient (Wildman–Crippen LogP) is 11.4. The Balaban J connectivity index is 1.26. The fourth-order valence-electron chi connectivity index (χ4n) is 7.89. The van der Waals surface area contributed by atoms with E-state index in [1.165, 1.54) is 80.9 Å². The van der Waals surface area contributed by atoms with Crippen molar-refractivity contribution in [3.05, 3.63) is 152 Å². The molecule has 0 fully saturated rings. The first-order valence-electron chi connectivity index (χ1n) is 15.7. The number of hydrogen-bond donors (Lipinski definition) is 0. The number of fused-ring (bicyclic) bond motifs is 11. The third-order valence-corrected chi connectivity index (χ3v) is 10.9. The van der Waals surface area contributed by atoms with E-state index < -0.39 is 0 Å². The molecule has 0 saturated carbocycles. The molecule has 11 rings (SSSR count). The third kappa shape index (κ3) is 3.14. The largest absolute Gasteiger partial charge is 0.309 e. The average molecular weight is 604 g/mol. The molecule has 1 aliphatic heterocycles. The van der Waals surface area contributed by atoms with Crippen molar-refractivity contribution in [1.29, 1.82) is 0 Å². The van der Waals surface area contributed by atoms with Crippen LogP contribution < -0.4 is 0 Å². The summed E-state index contributed by atoms with van der Waals surface area (Å²) in [4.78, 5) is 2.58. The van der Waals surface area contributed by atoms with Crippen molar-refractivity contribution in [3.63, 3.8) is 0 Å². The monoisotopic (exact) mass is 603 g/mol. The van der Waals surface area contributed by atoms with Crippen molar-refractivity contribution in [2.24, 2.45) is 0 Å². The zero-order chi connectivity index (χ0) is 29.9. The number of rotatable bonds is 2. The third-order valence-electron chi connectivity index (χ3n) is 9.77. The van der Waals surface area contributed by atoms with Crippen LogP contribution in [0.2, 0.25) is 0 Å². The Bertz CT molecular complexity index is 2900. The molecule has 0 aliphatic carbocycles. The van der Waals surface area contributed by atoms with Crippen molar-refractivity contribution < 1.29 is 0 Å². The lowest BCUT2D eigenvalue weighted by Crippen LogP contribution is -2.06. The first-order chi connectivity index (χ1) is 22.8. The molecule has 214 valence electrons. The molecule has 4 heterocycles. The Morgan fingerprint density at radius 1 is 0.391 bits per heavy atom. The maximum absolute atomic E-state index is 2.51. The molecule has 0 bridgehead atoms. The van der Waals surface area contributed by atoms with Crippen molar-refractivity contribution in [2.45, 2.75) is 9.79 Å². The fourth-order valence-corrected chi connectivity index (χ4v) is 8.99. The summed E-state index contributed by atoms with van der Waals surface area (Å²) in [7, 11) is 0. The highest BCUT2D eigenvalue weighted by atomic mass is 32.2. The molecule has 0 saturated heterocycles. The zero-order valence-corrected chi connectivity index (χ0v) is 25.5. The summed E-state index contributed by atoms with van der Waals surface area (Å²) in [6, 6.07) is 55.7. The van der Waals surface area contributed by atoms with Gasteiger partial charge in [0.2, 0.25) is 0 Å². The number of nitrogens with zero attached hydrogens (tertiary/aromatic N) is 3. The van der Waals surface area contributed by atoms with Crippen molar-refractivity contribution >= 4 is 77.2 Å². The second kappa shape index (κ2) is 8.94. The maximum atomic E-state index is 2.51. The molecule has 1 aliphatic rings. The Morgan fingerprint density at radius 2 is 1.02 bits per heavy atom. The summed E-state index contributed by atoms with van der Waals surface area (Å²) in [5.41, 5.74) is 9.68. The van der Waals surface area contributed by atoms with Gasteiger partial charge in [-0.1, -0.05) is 103 Å². The maximum Gasteiger partial charge on any atom is 0.131 e. The highest BCUT2D eigenvalue weighted by Gasteiger charge is 2.27. The summed E-state index contributed by atoms with van der Waals surface area (Å²) >= 11 is 1.87. The van der Waals surface area contributed by atoms with Gasteiger partial charge in [0.1, 0.15) is 5.65 Å². The smallest absolute Gasteiger partial charge is 0.131 e. The van der Waals surface area contributed by atoms with Gasteiger partial charge in [-0.15, -0.1) is 0 Å². The highest BCUT2D eigenvalue weighted by Crippen LogP contribution is 2.49. The lowest BCUT2D eigenvalue weighted by atomic mass is 10.1. The van der Waals surface area contributed by atoms with Crippen LogP contribution in [0.1, 0.15) is 0 Å². The second-order valence-electron chi connectivity index (χ2n) is 12.2. The summed E-state index contributed by atoms with van der Waals surface area (Å²) in [6.07, 6.45) is 0. The van der Waals surface area contributed by atoms with Crippen molar-refractivity contribution in [2.75, 3.05) is 0 Å². The van der Waals surface area contributed by atoms with Crippen molar-refractivity contribution in [3.8, 4) is 17.1 Å². The quantitative estimate of drug-likeness (QED) is 0.192. The van der Waals surface area contributed by atoms with E-state index >= 15 is 0 Å². The molecule has 0 amide bonds. The molecule has 7 aromatic carbocycles. The number of benzene rings is 7. The molecule has 0 radical (unpaired) electrons. The lowest BCUT2D eigenvalue weighted by molar-refractivity contribution is 1.02. The topological polar surface area (TPSA) is 14.8 Å². The Kier molecular flexibility index (Phi) is 4.78. The van der Waals surface area contributed by atoms with Crippen LogP contribution in [0.4, 0.5) is 0 Å². The zero-order valence-electron chi connectivity index (χ0n) is 24.7. The average Bonchev–Trinajstić information content (AvgIpc) is 3.74. The van der Waals surface area contributed by atoms with Crippen LogP contribution in [-0.4, -0.2) is 13.7 Å². The van der Waals surface area contributed by atoms with Gasteiger partial charge in [-0.25, -0.2) is 0 Å². The van der Waals surface area contributed by atoms with Crippen molar-refractivity contribution in [1.82, 2.24) is 13.7 Å². The molecule has 0 unspecified atom stereocenters. The van der Waals surface area contributed by atoms with Crippen LogP contribution in [0, 0.1) is 0 Å². The fraction of sp³-hybridized carbons (Fsp3) is 0. The summed E-state index contributed by atoms with van der Waals surface area (Å²) in [6.45, 7) is 0. The van der Waals surface area contributed by atoms with Gasteiger partial charge in [0.15, 0.2) is 0 Å². The molecular weight excluding hydrogens is 579 g/mol. The standard InChI is InChI=1S/C42H25N3S/c1-2-12-27-24-37-33(23-26(27)11-1)30-15-3-5-18-34(30)43(37)28-13-9-14-29(25-28)44-35-19-6-4-16-31(35)40-32-17-10-22-39-41(32)45(42(40)44)36-20-7-8-21-38(36)46-39/h1-25H. The van der Waals surface area contributed by atoms with Gasteiger partial charge >= 0.3 is 0 Å². The van der Waals surface area contributed by atoms with Gasteiger partial charge in [-0.05, 0) is 71.4 Å². The van der Waals surface area contributed by atoms with Gasteiger partial charge in [-0.3, -0.25) is 9.13 Å². The van der Waals surface area contributed by atoms with Crippen LogP contribution in [0.25, 0.3) is 82.5 Å². The van der Waals surface area contributed by atoms with E-state index in [2.05, 4.69) is 165 Å². The van der Waals surface area contributed by atoms with E-state index in [0.29, 0.717) is 0 Å². The highest BCUT2D eigenvalue weighted by molar-refractivity contribution is 7.99. The minimum absolute atomic E-state index is 1.15. The normalized spacial score (nSPS) is 12.7. The van der Waals surface area contributed by atoms with E-state index in [4.69, 9.17) is 0 Å². The van der Waals surface area contributed by atoms with Gasteiger partial charge in [-0.2, -0.15) is 0 Å². The minimum Gasteiger partial charge on any atom is -0.309 e. The first kappa shape index (κ1) is 24.6. The predicted molar refractivity (Wildman–Crippen MR) is 194 cm³/mol. The first-order valence-corrected chi connectivity index (χ1v) is 16.5. The van der Waals surface area contributed by atoms with Gasteiger partial charge < -0.3 is 4.57 Å². The minimum atomic E-state index is 1.15. The van der Waals surface area contributed by atoms with E-state index in [1.54, 1.807) is 0 Å². The number of hydrogen-bond acceptors (Lipinski definition) is 1. The van der Waals surface area contributed by atoms with E-state index in [-0.39, 0.29) is 0 Å². The molecule has 4 heteroatoms. The molecule has 0 spiro atoms. The molecular formula is C42H25N3S. The van der Waals surface area contributed by atoms with Gasteiger partial charge in [0.05, 0.1) is 27.8 Å². The molecule has 3 nitrogen and oxygen atoms in total. The summed E-state index contributed by atoms with van der Waals surface area (Å²) < 4.78 is 7.42.